The van der Waals surface area contributed by atoms with Crippen molar-refractivity contribution in [2.45, 2.75) is 37.9 Å². The van der Waals surface area contributed by atoms with Gasteiger partial charge in [-0.25, -0.2) is 0 Å². The lowest BCUT2D eigenvalue weighted by molar-refractivity contribution is -0.0282. The van der Waals surface area contributed by atoms with Crippen molar-refractivity contribution in [2.24, 2.45) is 0 Å². The lowest BCUT2D eigenvalue weighted by Gasteiger charge is -2.20. The minimum atomic E-state index is 0.210. The molecule has 0 fully saturated rings. The molecule has 4 heteroatoms. The molecule has 0 aromatic rings. The van der Waals surface area contributed by atoms with Gasteiger partial charge >= 0.3 is 0 Å². The fourth-order valence-electron chi connectivity index (χ4n) is 1.96. The Morgan fingerprint density at radius 2 is 1.33 bits per heavy atom. The lowest BCUT2D eigenvalue weighted by Crippen LogP contribution is -2.23. The molecule has 2 rings (SSSR count). The Labute approximate surface area is 109 Å². The van der Waals surface area contributed by atoms with E-state index in [0.29, 0.717) is 26.4 Å². The first-order valence-corrected chi connectivity index (χ1v) is 6.71. The van der Waals surface area contributed by atoms with Crippen molar-refractivity contribution in [1.82, 2.24) is 0 Å². The highest BCUT2D eigenvalue weighted by Gasteiger charge is 2.12. The number of allylic oxidation sites excluding steroid dienone is 2. The Morgan fingerprint density at radius 1 is 0.833 bits per heavy atom. The molecule has 0 bridgehead atoms. The Bertz CT molecular complexity index is 247. The van der Waals surface area contributed by atoms with E-state index < -0.39 is 0 Å². The third kappa shape index (κ3) is 5.10. The van der Waals surface area contributed by atoms with Crippen LogP contribution in [0.15, 0.2) is 24.7 Å². The van der Waals surface area contributed by atoms with Crippen LogP contribution in [0.1, 0.15) is 25.7 Å². The van der Waals surface area contributed by atoms with Crippen molar-refractivity contribution >= 4 is 0 Å². The minimum absolute atomic E-state index is 0.210. The van der Waals surface area contributed by atoms with Crippen LogP contribution in [-0.4, -0.2) is 38.6 Å². The van der Waals surface area contributed by atoms with Crippen LogP contribution in [0, 0.1) is 0 Å². The van der Waals surface area contributed by atoms with E-state index in [1.807, 2.05) is 12.2 Å². The molecule has 2 unspecified atom stereocenters. The van der Waals surface area contributed by atoms with Crippen LogP contribution in [-0.2, 0) is 18.9 Å². The summed E-state index contributed by atoms with van der Waals surface area (Å²) in [5.41, 5.74) is 0. The van der Waals surface area contributed by atoms with Gasteiger partial charge in [0.05, 0.1) is 39.0 Å². The number of ether oxygens (including phenoxy) is 4. The zero-order valence-corrected chi connectivity index (χ0v) is 10.8. The smallest absolute Gasteiger partial charge is 0.121 e. The first-order chi connectivity index (χ1) is 8.95. The normalized spacial score (nSPS) is 26.7. The van der Waals surface area contributed by atoms with Crippen LogP contribution in [0.25, 0.3) is 0 Å². The molecule has 0 spiro atoms. The maximum atomic E-state index is 5.52. The van der Waals surface area contributed by atoms with Gasteiger partial charge in [-0.3, -0.25) is 0 Å². The molecule has 4 nitrogen and oxygen atoms in total. The predicted molar refractivity (Wildman–Crippen MR) is 68.1 cm³/mol. The second-order valence-corrected chi connectivity index (χ2v) is 4.56. The molecule has 0 N–H and O–H groups in total. The minimum Gasteiger partial charge on any atom is -0.496 e. The molecule has 0 saturated heterocycles. The summed E-state index contributed by atoms with van der Waals surface area (Å²) >= 11 is 0. The molecule has 18 heavy (non-hydrogen) atoms. The van der Waals surface area contributed by atoms with Crippen molar-refractivity contribution in [3.63, 3.8) is 0 Å². The molecule has 0 amide bonds. The van der Waals surface area contributed by atoms with Gasteiger partial charge in [-0.1, -0.05) is 0 Å². The molecule has 0 aliphatic carbocycles. The number of rotatable bonds is 7. The molecule has 2 heterocycles. The van der Waals surface area contributed by atoms with Gasteiger partial charge in [-0.05, 0) is 37.8 Å². The second-order valence-electron chi connectivity index (χ2n) is 4.56. The number of hydrogen-bond donors (Lipinski definition) is 0. The second kappa shape index (κ2) is 8.16. The van der Waals surface area contributed by atoms with Crippen LogP contribution in [0.2, 0.25) is 0 Å². The first-order valence-electron chi connectivity index (χ1n) is 6.71. The molecule has 0 saturated carbocycles. The van der Waals surface area contributed by atoms with E-state index >= 15 is 0 Å². The van der Waals surface area contributed by atoms with Gasteiger partial charge in [0.25, 0.3) is 0 Å². The van der Waals surface area contributed by atoms with E-state index in [-0.39, 0.29) is 12.2 Å². The Balaban J connectivity index is 1.41. The Morgan fingerprint density at radius 3 is 1.72 bits per heavy atom. The summed E-state index contributed by atoms with van der Waals surface area (Å²) < 4.78 is 21.9. The molecular formula is C14H22O4. The van der Waals surface area contributed by atoms with Crippen molar-refractivity contribution in [2.75, 3.05) is 26.4 Å². The summed E-state index contributed by atoms with van der Waals surface area (Å²) in [7, 11) is 0. The molecule has 2 aliphatic rings. The topological polar surface area (TPSA) is 36.9 Å². The van der Waals surface area contributed by atoms with E-state index in [4.69, 9.17) is 18.9 Å². The van der Waals surface area contributed by atoms with Crippen LogP contribution in [0.4, 0.5) is 0 Å². The maximum Gasteiger partial charge on any atom is 0.121 e. The van der Waals surface area contributed by atoms with E-state index in [2.05, 4.69) is 0 Å². The third-order valence-electron chi connectivity index (χ3n) is 3.02. The molecular weight excluding hydrogens is 232 g/mol. The summed E-state index contributed by atoms with van der Waals surface area (Å²) in [6.45, 7) is 2.53. The standard InChI is InChI=1S/C14H22O4/c1-3-7-17-13(5-1)11-15-9-10-16-12-14-6-2-4-8-18-14/h3-4,7-8,13-14H,1-2,5-6,9-12H2. The van der Waals surface area contributed by atoms with Gasteiger partial charge in [-0.2, -0.15) is 0 Å². The van der Waals surface area contributed by atoms with Crippen LogP contribution >= 0.6 is 0 Å². The van der Waals surface area contributed by atoms with Gasteiger partial charge in [0.2, 0.25) is 0 Å². The highest BCUT2D eigenvalue weighted by Crippen LogP contribution is 2.11. The highest BCUT2D eigenvalue weighted by atomic mass is 16.6. The van der Waals surface area contributed by atoms with Crippen LogP contribution < -0.4 is 0 Å². The Hall–Kier alpha value is -1.00. The maximum absolute atomic E-state index is 5.52. The van der Waals surface area contributed by atoms with E-state index in [9.17, 15) is 0 Å². The average molecular weight is 254 g/mol. The molecule has 0 aromatic carbocycles. The average Bonchev–Trinajstić information content (AvgIpc) is 2.45. The molecule has 0 aromatic heterocycles. The van der Waals surface area contributed by atoms with Crippen molar-refractivity contribution < 1.29 is 18.9 Å². The monoisotopic (exact) mass is 254 g/mol. The zero-order valence-electron chi connectivity index (χ0n) is 10.8. The summed E-state index contributed by atoms with van der Waals surface area (Å²) in [6.07, 6.45) is 12.3. The number of hydrogen-bond acceptors (Lipinski definition) is 4. The van der Waals surface area contributed by atoms with Gasteiger partial charge in [-0.15, -0.1) is 0 Å². The lowest BCUT2D eigenvalue weighted by atomic mass is 10.2. The van der Waals surface area contributed by atoms with Gasteiger partial charge in [0, 0.05) is 0 Å². The van der Waals surface area contributed by atoms with Crippen molar-refractivity contribution in [1.29, 1.82) is 0 Å². The van der Waals surface area contributed by atoms with Crippen LogP contribution in [0.5, 0.6) is 0 Å². The summed E-state index contributed by atoms with van der Waals surface area (Å²) in [5, 5.41) is 0. The first kappa shape index (κ1) is 13.4. The molecule has 102 valence electrons. The molecule has 2 aliphatic heterocycles. The van der Waals surface area contributed by atoms with E-state index in [0.717, 1.165) is 25.7 Å². The van der Waals surface area contributed by atoms with E-state index in [1.165, 1.54) is 0 Å². The molecule has 0 radical (unpaired) electrons. The highest BCUT2D eigenvalue weighted by molar-refractivity contribution is 4.82. The SMILES string of the molecule is C1=COC(COCCOCC2CCC=CO2)CC1. The molecule has 2 atom stereocenters. The summed E-state index contributed by atoms with van der Waals surface area (Å²) in [6, 6.07) is 0. The van der Waals surface area contributed by atoms with E-state index in [1.54, 1.807) is 12.5 Å². The fourth-order valence-corrected chi connectivity index (χ4v) is 1.96. The van der Waals surface area contributed by atoms with Crippen LogP contribution in [0.3, 0.4) is 0 Å². The van der Waals surface area contributed by atoms with Crippen molar-refractivity contribution in [3.05, 3.63) is 24.7 Å². The van der Waals surface area contributed by atoms with Gasteiger partial charge in [0.15, 0.2) is 0 Å². The van der Waals surface area contributed by atoms with Gasteiger partial charge in [0.1, 0.15) is 12.2 Å². The Kier molecular flexibility index (Phi) is 6.09. The summed E-state index contributed by atoms with van der Waals surface area (Å²) in [4.78, 5) is 0. The zero-order chi connectivity index (χ0) is 12.5. The summed E-state index contributed by atoms with van der Waals surface area (Å²) in [5.74, 6) is 0. The predicted octanol–water partition coefficient (Wildman–Crippen LogP) is 2.41. The van der Waals surface area contributed by atoms with Gasteiger partial charge < -0.3 is 18.9 Å². The fraction of sp³-hybridized carbons (Fsp3) is 0.714. The largest absolute Gasteiger partial charge is 0.496 e. The quantitative estimate of drug-likeness (QED) is 0.654. The third-order valence-corrected chi connectivity index (χ3v) is 3.02. The van der Waals surface area contributed by atoms with Crippen molar-refractivity contribution in [3.8, 4) is 0 Å².